The van der Waals surface area contributed by atoms with Gasteiger partial charge < -0.3 is 103 Å². The Morgan fingerprint density at radius 2 is 1.25 bits per heavy atom. The van der Waals surface area contributed by atoms with E-state index in [-0.39, 0.29) is 19.5 Å². The van der Waals surface area contributed by atoms with Crippen molar-refractivity contribution in [1.29, 1.82) is 0 Å². The monoisotopic (exact) mass is 733 g/mol. The average molecular weight is 734 g/mol. The molecule has 2 amide bonds. The number of hydrogen-bond donors (Lipinski definition) is 14. The van der Waals surface area contributed by atoms with Gasteiger partial charge in [-0.25, -0.2) is 4.79 Å². The van der Waals surface area contributed by atoms with Gasteiger partial charge in [0, 0.05) is 30.9 Å². The van der Waals surface area contributed by atoms with Crippen LogP contribution < -0.4 is 39.3 Å². The topological polar surface area (TPSA) is 368 Å². The molecule has 3 saturated heterocycles. The van der Waals surface area contributed by atoms with E-state index in [9.17, 15) is 40.5 Å². The lowest BCUT2D eigenvalue weighted by Crippen LogP contribution is -2.68. The second-order valence-electron chi connectivity index (χ2n) is 13.2. The molecule has 4 fully saturated rings. The summed E-state index contributed by atoms with van der Waals surface area (Å²) in [5.41, 5.74) is 30.4. The highest BCUT2D eigenvalue weighted by Crippen LogP contribution is 2.34. The Bertz CT molecular complexity index is 1260. The van der Waals surface area contributed by atoms with Crippen LogP contribution in [0.25, 0.3) is 0 Å². The van der Waals surface area contributed by atoms with Gasteiger partial charge in [0.2, 0.25) is 0 Å². The van der Waals surface area contributed by atoms with Gasteiger partial charge in [-0.15, -0.1) is 0 Å². The molecular weight excluding hydrogens is 682 g/mol. The molecule has 0 bridgehead atoms. The molecule has 3 aliphatic heterocycles. The summed E-state index contributed by atoms with van der Waals surface area (Å²) in [6.45, 7) is -1.15. The number of carbonyl (C=O) groups is 1. The van der Waals surface area contributed by atoms with Gasteiger partial charge in [0.15, 0.2) is 18.9 Å². The fourth-order valence-electron chi connectivity index (χ4n) is 6.71. The zero-order chi connectivity index (χ0) is 37.1. The summed E-state index contributed by atoms with van der Waals surface area (Å²) >= 11 is 0. The molecule has 290 valence electrons. The SMILES string of the molecule is NCC1O[C@H](O[C@@H]2C(N)C[C@@H](N)C(O)[C@H]2O[C@@H]2O[C@H](CO)[C@H](O[C@H]3OC(CN)[C@@H](O)[C@@H](O)C3NC(=O)Nc3ccccc3)C2O)C(N)[C@@H](O)[C@@H]1O. The van der Waals surface area contributed by atoms with Gasteiger partial charge >= 0.3 is 6.03 Å². The van der Waals surface area contributed by atoms with E-state index >= 15 is 0 Å². The Balaban J connectivity index is 1.32. The number of nitrogens with two attached hydrogens (primary N) is 5. The van der Waals surface area contributed by atoms with E-state index in [2.05, 4.69) is 10.6 Å². The molecule has 4 aliphatic rings. The molecule has 0 aromatic heterocycles. The smallest absolute Gasteiger partial charge is 0.319 e. The number of nitrogens with one attached hydrogen (secondary N) is 2. The Labute approximate surface area is 292 Å². The highest BCUT2D eigenvalue weighted by atomic mass is 16.8. The molecule has 0 spiro atoms. The molecule has 1 aliphatic carbocycles. The van der Waals surface area contributed by atoms with Gasteiger partial charge in [-0.05, 0) is 18.6 Å². The Kier molecular flexibility index (Phi) is 13.5. The largest absolute Gasteiger partial charge is 0.394 e. The van der Waals surface area contributed by atoms with Crippen molar-refractivity contribution in [1.82, 2.24) is 5.32 Å². The summed E-state index contributed by atoms with van der Waals surface area (Å²) in [6.07, 6.45) is -21.2. The van der Waals surface area contributed by atoms with E-state index < -0.39 is 129 Å². The van der Waals surface area contributed by atoms with Crippen LogP contribution >= 0.6 is 0 Å². The van der Waals surface area contributed by atoms with Crippen LogP contribution in [0.2, 0.25) is 0 Å². The highest BCUT2D eigenvalue weighted by molar-refractivity contribution is 5.89. The summed E-state index contributed by atoms with van der Waals surface area (Å²) in [7, 11) is 0. The first-order chi connectivity index (χ1) is 24.3. The molecule has 5 rings (SSSR count). The van der Waals surface area contributed by atoms with Gasteiger partial charge in [0.05, 0.1) is 18.8 Å². The lowest BCUT2D eigenvalue weighted by atomic mass is 9.84. The molecule has 21 nitrogen and oxygen atoms in total. The van der Waals surface area contributed by atoms with E-state index in [1.807, 2.05) is 0 Å². The van der Waals surface area contributed by atoms with Crippen LogP contribution in [0.15, 0.2) is 30.3 Å². The van der Waals surface area contributed by atoms with Gasteiger partial charge in [0.25, 0.3) is 0 Å². The van der Waals surface area contributed by atoms with Crippen LogP contribution in [0.3, 0.4) is 0 Å². The van der Waals surface area contributed by atoms with Crippen molar-refractivity contribution < 1.29 is 69.0 Å². The molecule has 0 radical (unpaired) electrons. The predicted octanol–water partition coefficient (Wildman–Crippen LogP) is -7.03. The molecule has 19 N–H and O–H groups in total. The third kappa shape index (κ3) is 8.62. The zero-order valence-corrected chi connectivity index (χ0v) is 27.6. The van der Waals surface area contributed by atoms with Crippen molar-refractivity contribution in [2.75, 3.05) is 25.0 Å². The van der Waals surface area contributed by atoms with Crippen molar-refractivity contribution in [3.8, 4) is 0 Å². The van der Waals surface area contributed by atoms with Gasteiger partial charge in [-0.2, -0.15) is 0 Å². The predicted molar refractivity (Wildman–Crippen MR) is 173 cm³/mol. The first-order valence-corrected chi connectivity index (χ1v) is 16.7. The lowest BCUT2D eigenvalue weighted by Gasteiger charge is -2.47. The molecule has 1 saturated carbocycles. The number of urea groups is 1. The number of anilines is 1. The molecule has 3 heterocycles. The third-order valence-electron chi connectivity index (χ3n) is 9.65. The van der Waals surface area contributed by atoms with Crippen molar-refractivity contribution >= 4 is 11.7 Å². The molecule has 1 aromatic rings. The number of ether oxygens (including phenoxy) is 6. The molecule has 51 heavy (non-hydrogen) atoms. The standard InChI is InChI=1S/C30H51N7O14/c31-7-13-19(40)21(42)16(35)27(46-13)49-24-12(34)6-11(33)18(39)26(24)51-29-23(44)25(15(9-38)48-29)50-28-17(22(43)20(41)14(8-32)47-28)37-30(45)36-10-4-2-1-3-5-10/h1-5,11-29,38-44H,6-9,31-35H2,(H2,36,37,45)/t11-,12?,13?,14?,15-,16?,17?,18?,19-,20-,21-,22+,23?,24-,25+,26-,27-,28-,29+/m1/s1. The summed E-state index contributed by atoms with van der Waals surface area (Å²) < 4.78 is 35.4. The van der Waals surface area contributed by atoms with E-state index in [1.54, 1.807) is 30.3 Å². The van der Waals surface area contributed by atoms with E-state index in [4.69, 9.17) is 57.1 Å². The third-order valence-corrected chi connectivity index (χ3v) is 9.65. The molecule has 21 heteroatoms. The molecule has 1 aromatic carbocycles. The first-order valence-electron chi connectivity index (χ1n) is 16.7. The average Bonchev–Trinajstić information content (AvgIpc) is 3.41. The van der Waals surface area contributed by atoms with Crippen molar-refractivity contribution in [3.05, 3.63) is 30.3 Å². The van der Waals surface area contributed by atoms with Crippen LogP contribution in [0.4, 0.5) is 10.5 Å². The van der Waals surface area contributed by atoms with Crippen LogP contribution in [0, 0.1) is 0 Å². The van der Waals surface area contributed by atoms with Gasteiger partial charge in [-0.1, -0.05) is 18.2 Å². The summed E-state index contributed by atoms with van der Waals surface area (Å²) in [5, 5.41) is 80.2. The van der Waals surface area contributed by atoms with Gasteiger partial charge in [-0.3, -0.25) is 0 Å². The van der Waals surface area contributed by atoms with E-state index in [0.29, 0.717) is 5.69 Å². The van der Waals surface area contributed by atoms with Crippen LogP contribution in [0.5, 0.6) is 0 Å². The normalized spacial score (nSPS) is 46.1. The van der Waals surface area contributed by atoms with E-state index in [0.717, 1.165) is 0 Å². The quantitative estimate of drug-likeness (QED) is 0.100. The summed E-state index contributed by atoms with van der Waals surface area (Å²) in [6, 6.07) is 3.11. The zero-order valence-electron chi connectivity index (χ0n) is 27.6. The fraction of sp³-hybridized carbons (Fsp3) is 0.767. The molecule has 7 unspecified atom stereocenters. The second-order valence-corrected chi connectivity index (χ2v) is 13.2. The lowest BCUT2D eigenvalue weighted by molar-refractivity contribution is -0.307. The van der Waals surface area contributed by atoms with Crippen LogP contribution in [-0.4, -0.2) is 178 Å². The number of para-hydroxylation sites is 1. The minimum atomic E-state index is -1.71. The highest BCUT2D eigenvalue weighted by Gasteiger charge is 2.55. The fourth-order valence-corrected chi connectivity index (χ4v) is 6.71. The number of hydrogen-bond acceptors (Lipinski definition) is 19. The number of amides is 2. The number of rotatable bonds is 11. The maximum atomic E-state index is 12.9. The minimum Gasteiger partial charge on any atom is -0.394 e. The molecular formula is C30H51N7O14. The van der Waals surface area contributed by atoms with Crippen LogP contribution in [0.1, 0.15) is 6.42 Å². The summed E-state index contributed by atoms with van der Waals surface area (Å²) in [4.78, 5) is 12.9. The Morgan fingerprint density at radius 3 is 1.88 bits per heavy atom. The number of aliphatic hydroxyl groups excluding tert-OH is 7. The van der Waals surface area contributed by atoms with Crippen LogP contribution in [-0.2, 0) is 28.4 Å². The van der Waals surface area contributed by atoms with E-state index in [1.165, 1.54) is 0 Å². The second kappa shape index (κ2) is 17.3. The van der Waals surface area contributed by atoms with Gasteiger partial charge in [0.1, 0.15) is 73.2 Å². The Hall–Kier alpha value is -2.23. The summed E-state index contributed by atoms with van der Waals surface area (Å²) in [5.74, 6) is 0. The van der Waals surface area contributed by atoms with Crippen molar-refractivity contribution in [2.45, 2.75) is 123 Å². The van der Waals surface area contributed by atoms with Crippen molar-refractivity contribution in [3.63, 3.8) is 0 Å². The maximum Gasteiger partial charge on any atom is 0.319 e. The maximum absolute atomic E-state index is 12.9. The number of carbonyl (C=O) groups excluding carboxylic acids is 1. The first kappa shape index (κ1) is 40.0. The van der Waals surface area contributed by atoms with Crippen molar-refractivity contribution in [2.24, 2.45) is 28.7 Å². The molecule has 19 atom stereocenters. The Morgan fingerprint density at radius 1 is 0.686 bits per heavy atom. The number of aliphatic hydroxyl groups is 7. The number of benzene rings is 1. The minimum absolute atomic E-state index is 0.0555.